The van der Waals surface area contributed by atoms with Crippen molar-refractivity contribution in [3.05, 3.63) is 48.0 Å². The van der Waals surface area contributed by atoms with Gasteiger partial charge in [0.05, 0.1) is 22.1 Å². The molecule has 18 heavy (non-hydrogen) atoms. The van der Waals surface area contributed by atoms with E-state index in [0.29, 0.717) is 6.54 Å². The average molecular weight is 252 g/mol. The number of hydrogen-bond acceptors (Lipinski definition) is 3. The van der Waals surface area contributed by atoms with Gasteiger partial charge in [0.2, 0.25) is 0 Å². The molecule has 0 unspecified atom stereocenters. The summed E-state index contributed by atoms with van der Waals surface area (Å²) in [6.45, 7) is 0.619. The molecule has 87 valence electrons. The highest BCUT2D eigenvalue weighted by Gasteiger charge is 2.05. The summed E-state index contributed by atoms with van der Waals surface area (Å²) in [5.74, 6) is 0. The van der Waals surface area contributed by atoms with Crippen LogP contribution in [0.1, 0.15) is 5.56 Å². The number of para-hydroxylation sites is 3. The van der Waals surface area contributed by atoms with Gasteiger partial charge in [-0.3, -0.25) is 0 Å². The van der Waals surface area contributed by atoms with Crippen molar-refractivity contribution < 1.29 is 0 Å². The Bertz CT molecular complexity index is 724. The lowest BCUT2D eigenvalue weighted by molar-refractivity contribution is 0.950. The van der Waals surface area contributed by atoms with Crippen LogP contribution in [0.25, 0.3) is 22.1 Å². The second-order valence-electron chi connectivity index (χ2n) is 3.95. The number of hydrogen-bond donors (Lipinski definition) is 1. The normalized spacial score (nSPS) is 10.7. The van der Waals surface area contributed by atoms with E-state index in [1.165, 1.54) is 0 Å². The van der Waals surface area contributed by atoms with Crippen molar-refractivity contribution >= 4 is 39.8 Å². The topological polar surface area (TPSA) is 37.8 Å². The summed E-state index contributed by atoms with van der Waals surface area (Å²) in [4.78, 5) is 9.28. The summed E-state index contributed by atoms with van der Waals surface area (Å²) in [7, 11) is 0. The lowest BCUT2D eigenvalue weighted by Crippen LogP contribution is -2.09. The molecule has 3 aromatic rings. The predicted octanol–water partition coefficient (Wildman–Crippen LogP) is 2.71. The summed E-state index contributed by atoms with van der Waals surface area (Å²) < 4.78 is 0. The third kappa shape index (κ3) is 1.91. The molecule has 3 nitrogen and oxygen atoms in total. The van der Waals surface area contributed by atoms with Gasteiger partial charge < -0.3 is 5.32 Å². The van der Waals surface area contributed by atoms with E-state index in [4.69, 9.17) is 0 Å². The van der Waals surface area contributed by atoms with Crippen LogP contribution in [0.2, 0.25) is 0 Å². The fraction of sp³-hybridized carbons (Fsp3) is 0.0714. The van der Waals surface area contributed by atoms with Gasteiger partial charge in [-0.05, 0) is 23.8 Å². The van der Waals surface area contributed by atoms with E-state index in [9.17, 15) is 0 Å². The van der Waals surface area contributed by atoms with E-state index in [0.717, 1.165) is 27.6 Å². The maximum atomic E-state index is 4.67. The molecule has 3 rings (SSSR count). The van der Waals surface area contributed by atoms with Crippen LogP contribution in [-0.2, 0) is 6.54 Å². The minimum absolute atomic E-state index is 0.619. The molecule has 1 radical (unpaired) electrons. The molecule has 0 aliphatic heterocycles. The highest BCUT2D eigenvalue weighted by molar-refractivity contribution is 7.78. The Morgan fingerprint density at radius 3 is 2.44 bits per heavy atom. The molecule has 2 aromatic carbocycles. The number of nitrogens with zero attached hydrogens (tertiary/aromatic N) is 2. The number of aromatic nitrogens is 2. The molecule has 0 aliphatic carbocycles. The third-order valence-electron chi connectivity index (χ3n) is 2.80. The van der Waals surface area contributed by atoms with Crippen LogP contribution in [0.3, 0.4) is 0 Å². The second-order valence-corrected chi connectivity index (χ2v) is 4.16. The van der Waals surface area contributed by atoms with Gasteiger partial charge in [0.1, 0.15) is 5.49 Å². The van der Waals surface area contributed by atoms with Gasteiger partial charge >= 0.3 is 0 Å². The number of benzene rings is 2. The maximum absolute atomic E-state index is 4.67. The molecule has 0 atom stereocenters. The van der Waals surface area contributed by atoms with Gasteiger partial charge in [0.15, 0.2) is 0 Å². The van der Waals surface area contributed by atoms with Crippen molar-refractivity contribution in [2.24, 2.45) is 0 Å². The molecule has 0 amide bonds. The van der Waals surface area contributed by atoms with E-state index in [-0.39, 0.29) is 0 Å². The Labute approximate surface area is 110 Å². The summed E-state index contributed by atoms with van der Waals surface area (Å²) in [5.41, 5.74) is 7.21. The molecule has 0 spiro atoms. The molecular weight excluding hydrogens is 242 g/mol. The zero-order chi connectivity index (χ0) is 12.4. The van der Waals surface area contributed by atoms with Crippen molar-refractivity contribution in [1.82, 2.24) is 15.3 Å². The Morgan fingerprint density at radius 2 is 1.67 bits per heavy atom. The predicted molar refractivity (Wildman–Crippen MR) is 76.5 cm³/mol. The first-order chi connectivity index (χ1) is 8.88. The number of thiocarbonyl (C=S) groups is 1. The van der Waals surface area contributed by atoms with Crippen molar-refractivity contribution in [3.63, 3.8) is 0 Å². The van der Waals surface area contributed by atoms with Crippen molar-refractivity contribution in [1.29, 1.82) is 0 Å². The third-order valence-corrected chi connectivity index (χ3v) is 2.95. The Hall–Kier alpha value is -2.07. The van der Waals surface area contributed by atoms with Crippen LogP contribution in [0.15, 0.2) is 42.5 Å². The number of fused-ring (bicyclic) bond motifs is 2. The van der Waals surface area contributed by atoms with E-state index >= 15 is 0 Å². The molecule has 1 heterocycles. The largest absolute Gasteiger partial charge is 0.370 e. The molecule has 1 N–H and O–H groups in total. The highest BCUT2D eigenvalue weighted by atomic mass is 32.1. The fourth-order valence-electron chi connectivity index (χ4n) is 1.97. The van der Waals surface area contributed by atoms with Gasteiger partial charge in [-0.25, -0.2) is 9.97 Å². The zero-order valence-electron chi connectivity index (χ0n) is 9.55. The van der Waals surface area contributed by atoms with Crippen LogP contribution in [0, 0.1) is 0 Å². The minimum Gasteiger partial charge on any atom is -0.370 e. The Balaban J connectivity index is 2.25. The van der Waals surface area contributed by atoms with Crippen molar-refractivity contribution in [2.45, 2.75) is 6.54 Å². The molecule has 0 fully saturated rings. The summed E-state index contributed by atoms with van der Waals surface area (Å²) in [6.07, 6.45) is 0. The first-order valence-corrected chi connectivity index (χ1v) is 6.04. The van der Waals surface area contributed by atoms with Crippen molar-refractivity contribution in [2.75, 3.05) is 0 Å². The lowest BCUT2D eigenvalue weighted by atomic mass is 10.1. The molecular formula is C14H10N3S. The molecule has 0 aliphatic rings. The summed E-state index contributed by atoms with van der Waals surface area (Å²) >= 11 is 4.65. The SMILES string of the molecule is S=[C]NCc1cccc2nc3ccccc3nc12. The number of rotatable bonds is 3. The average Bonchev–Trinajstić information content (AvgIpc) is 2.43. The monoisotopic (exact) mass is 252 g/mol. The molecule has 0 saturated heterocycles. The van der Waals surface area contributed by atoms with Gasteiger partial charge in [-0.1, -0.05) is 36.5 Å². The molecule has 0 bridgehead atoms. The quantitative estimate of drug-likeness (QED) is 0.442. The van der Waals surface area contributed by atoms with E-state index in [2.05, 4.69) is 33.0 Å². The Morgan fingerprint density at radius 1 is 0.944 bits per heavy atom. The summed E-state index contributed by atoms with van der Waals surface area (Å²) in [6, 6.07) is 13.8. The van der Waals surface area contributed by atoms with Gasteiger partial charge in [0.25, 0.3) is 0 Å². The lowest BCUT2D eigenvalue weighted by Gasteiger charge is -2.06. The van der Waals surface area contributed by atoms with Crippen LogP contribution < -0.4 is 5.32 Å². The first kappa shape index (κ1) is 11.0. The standard InChI is InChI=1S/C14H10N3S/c18-9-15-8-10-4-3-7-13-14(10)17-12-6-2-1-5-11(12)16-13/h1-7H,8H2,(H,15,18). The van der Waals surface area contributed by atoms with Gasteiger partial charge in [-0.15, -0.1) is 0 Å². The smallest absolute Gasteiger partial charge is 0.134 e. The number of nitrogens with one attached hydrogen (secondary N) is 1. The summed E-state index contributed by atoms with van der Waals surface area (Å²) in [5, 5.41) is 2.90. The van der Waals surface area contributed by atoms with Gasteiger partial charge in [-0.2, -0.15) is 0 Å². The van der Waals surface area contributed by atoms with Crippen LogP contribution in [0.4, 0.5) is 0 Å². The Kier molecular flexibility index (Phi) is 2.86. The maximum Gasteiger partial charge on any atom is 0.134 e. The van der Waals surface area contributed by atoms with Gasteiger partial charge in [0, 0.05) is 6.54 Å². The van der Waals surface area contributed by atoms with Crippen molar-refractivity contribution in [3.8, 4) is 0 Å². The second kappa shape index (κ2) is 4.66. The molecule has 1 aromatic heterocycles. The van der Waals surface area contributed by atoms with E-state index < -0.39 is 0 Å². The van der Waals surface area contributed by atoms with E-state index in [1.54, 1.807) is 0 Å². The first-order valence-electron chi connectivity index (χ1n) is 5.63. The van der Waals surface area contributed by atoms with Crippen LogP contribution >= 0.6 is 12.2 Å². The van der Waals surface area contributed by atoms with Crippen LogP contribution in [-0.4, -0.2) is 15.5 Å². The zero-order valence-corrected chi connectivity index (χ0v) is 10.4. The molecule has 0 saturated carbocycles. The van der Waals surface area contributed by atoms with Crippen LogP contribution in [0.5, 0.6) is 0 Å². The minimum atomic E-state index is 0.619. The van der Waals surface area contributed by atoms with E-state index in [1.807, 2.05) is 42.5 Å². The highest BCUT2D eigenvalue weighted by Crippen LogP contribution is 2.19. The fourth-order valence-corrected chi connectivity index (χ4v) is 2.05. The molecule has 4 heteroatoms.